The van der Waals surface area contributed by atoms with Crippen molar-refractivity contribution in [2.75, 3.05) is 5.32 Å². The molecule has 4 rings (SSSR count). The number of amides is 2. The number of pyridine rings is 1. The van der Waals surface area contributed by atoms with Crippen LogP contribution < -0.4 is 10.6 Å². The van der Waals surface area contributed by atoms with Crippen molar-refractivity contribution in [3.8, 4) is 17.0 Å². The lowest BCUT2D eigenvalue weighted by Gasteiger charge is -2.14. The lowest BCUT2D eigenvalue weighted by molar-refractivity contribution is 0.248. The largest absolute Gasteiger partial charge is 0.508 e. The molecule has 0 saturated carbocycles. The Balaban J connectivity index is 1.35. The maximum Gasteiger partial charge on any atom is 0.320 e. The van der Waals surface area contributed by atoms with Gasteiger partial charge in [0.05, 0.1) is 11.9 Å². The van der Waals surface area contributed by atoms with Crippen LogP contribution in [-0.2, 0) is 6.42 Å². The van der Waals surface area contributed by atoms with Gasteiger partial charge in [0, 0.05) is 11.6 Å². The zero-order valence-electron chi connectivity index (χ0n) is 17.8. The van der Waals surface area contributed by atoms with E-state index in [0.717, 1.165) is 24.8 Å². The van der Waals surface area contributed by atoms with Crippen molar-refractivity contribution in [2.45, 2.75) is 32.2 Å². The van der Waals surface area contributed by atoms with Crippen LogP contribution in [0, 0.1) is 0 Å². The fourth-order valence-electron chi connectivity index (χ4n) is 3.44. The summed E-state index contributed by atoms with van der Waals surface area (Å²) in [7, 11) is 0. The van der Waals surface area contributed by atoms with E-state index in [1.807, 2.05) is 25.1 Å². The number of urea groups is 1. The van der Waals surface area contributed by atoms with Crippen LogP contribution in [0.15, 0.2) is 72.9 Å². The Morgan fingerprint density at radius 3 is 2.56 bits per heavy atom. The first-order valence-corrected chi connectivity index (χ1v) is 10.6. The molecular formula is C25H25N5O2. The molecule has 162 valence electrons. The molecule has 1 unspecified atom stereocenters. The van der Waals surface area contributed by atoms with Crippen LogP contribution in [0.25, 0.3) is 22.4 Å². The number of nitrogens with one attached hydrogen (secondary N) is 2. The van der Waals surface area contributed by atoms with Crippen LogP contribution >= 0.6 is 0 Å². The number of aromatic hydroxyl groups is 1. The van der Waals surface area contributed by atoms with E-state index in [0.29, 0.717) is 22.7 Å². The van der Waals surface area contributed by atoms with Crippen molar-refractivity contribution in [1.82, 2.24) is 20.3 Å². The van der Waals surface area contributed by atoms with Crippen LogP contribution in [-0.4, -0.2) is 32.1 Å². The molecule has 0 aliphatic carbocycles. The SMILES string of the molecule is CC(CCCc1ccccc1)NC(=O)Nc1ccc2ncc(-c3ccc(O)cc3)nc2n1. The monoisotopic (exact) mass is 427 g/mol. The van der Waals surface area contributed by atoms with Crippen LogP contribution in [0.3, 0.4) is 0 Å². The van der Waals surface area contributed by atoms with Gasteiger partial charge in [-0.3, -0.25) is 10.3 Å². The average Bonchev–Trinajstić information content (AvgIpc) is 2.79. The van der Waals surface area contributed by atoms with Crippen LogP contribution in [0.2, 0.25) is 0 Å². The Morgan fingerprint density at radius 1 is 1.00 bits per heavy atom. The summed E-state index contributed by atoms with van der Waals surface area (Å²) < 4.78 is 0. The zero-order valence-corrected chi connectivity index (χ0v) is 17.8. The molecule has 7 heteroatoms. The van der Waals surface area contributed by atoms with E-state index < -0.39 is 0 Å². The van der Waals surface area contributed by atoms with E-state index in [9.17, 15) is 9.90 Å². The second-order valence-electron chi connectivity index (χ2n) is 7.72. The molecule has 0 bridgehead atoms. The molecule has 0 radical (unpaired) electrons. The number of rotatable bonds is 7. The van der Waals surface area contributed by atoms with Crippen molar-refractivity contribution in [3.05, 3.63) is 78.5 Å². The fourth-order valence-corrected chi connectivity index (χ4v) is 3.44. The highest BCUT2D eigenvalue weighted by molar-refractivity contribution is 5.89. The summed E-state index contributed by atoms with van der Waals surface area (Å²) in [6.07, 6.45) is 4.53. The van der Waals surface area contributed by atoms with E-state index in [1.54, 1.807) is 42.6 Å². The molecule has 0 spiro atoms. The second-order valence-corrected chi connectivity index (χ2v) is 7.72. The molecule has 7 nitrogen and oxygen atoms in total. The first-order valence-electron chi connectivity index (χ1n) is 10.6. The van der Waals surface area contributed by atoms with Crippen LogP contribution in [0.1, 0.15) is 25.3 Å². The molecule has 2 amide bonds. The molecular weight excluding hydrogens is 402 g/mol. The van der Waals surface area contributed by atoms with Crippen molar-refractivity contribution < 1.29 is 9.90 Å². The van der Waals surface area contributed by atoms with Gasteiger partial charge in [-0.25, -0.2) is 14.8 Å². The third kappa shape index (κ3) is 5.57. The third-order valence-corrected chi connectivity index (χ3v) is 5.13. The van der Waals surface area contributed by atoms with Gasteiger partial charge in [-0.2, -0.15) is 0 Å². The van der Waals surface area contributed by atoms with Gasteiger partial charge in [-0.15, -0.1) is 0 Å². The summed E-state index contributed by atoms with van der Waals surface area (Å²) in [5, 5.41) is 15.2. The Hall–Kier alpha value is -4.00. The van der Waals surface area contributed by atoms with Crippen molar-refractivity contribution in [3.63, 3.8) is 0 Å². The van der Waals surface area contributed by atoms with E-state index in [4.69, 9.17) is 0 Å². The standard InChI is InChI=1S/C25H25N5O2/c1-17(6-5-9-18-7-3-2-4-8-18)27-25(32)30-23-15-14-21-24(29-23)28-22(16-26-21)19-10-12-20(31)13-11-19/h2-4,7-8,10-17,31H,5-6,9H2,1H3,(H2,27,28,29,30,32). The first-order chi connectivity index (χ1) is 15.6. The van der Waals surface area contributed by atoms with Crippen molar-refractivity contribution >= 4 is 23.0 Å². The number of aryl methyl sites for hydroxylation is 1. The number of phenolic OH excluding ortho intramolecular Hbond substituents is 1. The fraction of sp³-hybridized carbons (Fsp3) is 0.200. The van der Waals surface area contributed by atoms with Crippen molar-refractivity contribution in [2.24, 2.45) is 0 Å². The minimum Gasteiger partial charge on any atom is -0.508 e. The molecule has 1 atom stereocenters. The van der Waals surface area contributed by atoms with E-state index in [2.05, 4.69) is 37.7 Å². The minimum atomic E-state index is -0.299. The Labute approximate surface area is 186 Å². The summed E-state index contributed by atoms with van der Waals surface area (Å²) >= 11 is 0. The maximum atomic E-state index is 12.4. The summed E-state index contributed by atoms with van der Waals surface area (Å²) in [6, 6.07) is 20.3. The number of carbonyl (C=O) groups excluding carboxylic acids is 1. The highest BCUT2D eigenvalue weighted by atomic mass is 16.3. The molecule has 0 fully saturated rings. The predicted octanol–water partition coefficient (Wildman–Crippen LogP) is 4.93. The summed E-state index contributed by atoms with van der Waals surface area (Å²) in [5.41, 5.74) is 3.83. The number of fused-ring (bicyclic) bond motifs is 1. The number of benzene rings is 2. The smallest absolute Gasteiger partial charge is 0.320 e. The predicted molar refractivity (Wildman–Crippen MR) is 125 cm³/mol. The van der Waals surface area contributed by atoms with Gasteiger partial charge in [0.1, 0.15) is 17.1 Å². The van der Waals surface area contributed by atoms with Crippen LogP contribution in [0.5, 0.6) is 5.75 Å². The van der Waals surface area contributed by atoms with Gasteiger partial charge in [-0.05, 0) is 68.1 Å². The molecule has 2 heterocycles. The number of hydrogen-bond donors (Lipinski definition) is 3. The summed E-state index contributed by atoms with van der Waals surface area (Å²) in [5.74, 6) is 0.594. The maximum absolute atomic E-state index is 12.4. The summed E-state index contributed by atoms with van der Waals surface area (Å²) in [6.45, 7) is 1.99. The second kappa shape index (κ2) is 9.87. The normalized spacial score (nSPS) is 11.8. The van der Waals surface area contributed by atoms with Gasteiger partial charge in [-0.1, -0.05) is 30.3 Å². The van der Waals surface area contributed by atoms with Crippen LogP contribution in [0.4, 0.5) is 10.6 Å². The quantitative estimate of drug-likeness (QED) is 0.388. The molecule has 0 aliphatic heterocycles. The summed E-state index contributed by atoms with van der Waals surface area (Å²) in [4.78, 5) is 25.8. The highest BCUT2D eigenvalue weighted by Crippen LogP contribution is 2.21. The lowest BCUT2D eigenvalue weighted by Crippen LogP contribution is -2.36. The van der Waals surface area contributed by atoms with E-state index in [1.165, 1.54) is 5.56 Å². The molecule has 32 heavy (non-hydrogen) atoms. The zero-order chi connectivity index (χ0) is 22.3. The molecule has 2 aromatic heterocycles. The third-order valence-electron chi connectivity index (χ3n) is 5.13. The molecule has 4 aromatic rings. The number of anilines is 1. The average molecular weight is 428 g/mol. The number of phenols is 1. The van der Waals surface area contributed by atoms with Gasteiger partial charge in [0.2, 0.25) is 0 Å². The molecule has 3 N–H and O–H groups in total. The van der Waals surface area contributed by atoms with Crippen molar-refractivity contribution in [1.29, 1.82) is 0 Å². The Bertz CT molecular complexity index is 1200. The highest BCUT2D eigenvalue weighted by Gasteiger charge is 2.10. The number of carbonyl (C=O) groups is 1. The van der Waals surface area contributed by atoms with Gasteiger partial charge in [0.15, 0.2) is 5.65 Å². The Morgan fingerprint density at radius 2 is 1.78 bits per heavy atom. The number of hydrogen-bond acceptors (Lipinski definition) is 5. The van der Waals surface area contributed by atoms with Gasteiger partial charge >= 0.3 is 6.03 Å². The lowest BCUT2D eigenvalue weighted by atomic mass is 10.1. The topological polar surface area (TPSA) is 100 Å². The van der Waals surface area contributed by atoms with E-state index in [-0.39, 0.29) is 17.8 Å². The minimum absolute atomic E-state index is 0.0417. The first kappa shape index (κ1) is 21.2. The Kier molecular flexibility index (Phi) is 6.55. The molecule has 2 aromatic carbocycles. The van der Waals surface area contributed by atoms with E-state index >= 15 is 0 Å². The van der Waals surface area contributed by atoms with Gasteiger partial charge < -0.3 is 10.4 Å². The van der Waals surface area contributed by atoms with Gasteiger partial charge in [0.25, 0.3) is 0 Å². The number of nitrogens with zero attached hydrogens (tertiary/aromatic N) is 3. The number of aromatic nitrogens is 3. The molecule has 0 aliphatic rings. The molecule has 0 saturated heterocycles.